The van der Waals surface area contributed by atoms with E-state index in [1.165, 1.54) is 12.8 Å². The zero-order chi connectivity index (χ0) is 11.7. The molecule has 1 saturated carbocycles. The lowest BCUT2D eigenvalue weighted by Crippen LogP contribution is -2.19. The Bertz CT molecular complexity index is 367. The van der Waals surface area contributed by atoms with E-state index in [0.717, 1.165) is 38.2 Å². The van der Waals surface area contributed by atoms with Crippen molar-refractivity contribution in [3.05, 3.63) is 18.2 Å². The van der Waals surface area contributed by atoms with Crippen molar-refractivity contribution in [2.45, 2.75) is 44.2 Å². The molecule has 0 bridgehead atoms. The fourth-order valence-electron chi connectivity index (χ4n) is 2.65. The van der Waals surface area contributed by atoms with Crippen LogP contribution >= 0.6 is 0 Å². The Hall–Kier alpha value is -0.870. The number of rotatable bonds is 4. The molecule has 17 heavy (non-hydrogen) atoms. The maximum absolute atomic E-state index is 10.3. The van der Waals surface area contributed by atoms with Gasteiger partial charge in [0.1, 0.15) is 0 Å². The van der Waals surface area contributed by atoms with Gasteiger partial charge in [-0.05, 0) is 38.0 Å². The molecule has 0 spiro atoms. The Balaban J connectivity index is 1.63. The zero-order valence-electron chi connectivity index (χ0n) is 10.1. The number of nitrogens with zero attached hydrogens (tertiary/aromatic N) is 2. The van der Waals surface area contributed by atoms with Gasteiger partial charge in [-0.2, -0.15) is 0 Å². The first-order valence-electron chi connectivity index (χ1n) is 6.62. The van der Waals surface area contributed by atoms with Crippen molar-refractivity contribution in [2.75, 3.05) is 13.2 Å². The molecule has 2 aliphatic rings. The molecule has 4 heteroatoms. The third-order valence-electron chi connectivity index (χ3n) is 3.88. The number of hydrogen-bond acceptors (Lipinski definition) is 3. The molecule has 1 N–H and O–H groups in total. The minimum atomic E-state index is -0.360. The Labute approximate surface area is 102 Å². The van der Waals surface area contributed by atoms with Gasteiger partial charge in [-0.15, -0.1) is 0 Å². The van der Waals surface area contributed by atoms with Crippen LogP contribution in [0.1, 0.15) is 49.9 Å². The van der Waals surface area contributed by atoms with Gasteiger partial charge in [-0.1, -0.05) is 0 Å². The van der Waals surface area contributed by atoms with Crippen LogP contribution in [0.2, 0.25) is 0 Å². The van der Waals surface area contributed by atoms with E-state index in [1.807, 2.05) is 12.5 Å². The lowest BCUT2D eigenvalue weighted by molar-refractivity contribution is 0.0419. The van der Waals surface area contributed by atoms with Crippen LogP contribution < -0.4 is 0 Å². The van der Waals surface area contributed by atoms with Crippen molar-refractivity contribution in [3.8, 4) is 0 Å². The van der Waals surface area contributed by atoms with E-state index in [4.69, 9.17) is 4.74 Å². The van der Waals surface area contributed by atoms with Crippen LogP contribution in [0, 0.1) is 5.92 Å². The highest BCUT2D eigenvalue weighted by atomic mass is 16.5. The third-order valence-corrected chi connectivity index (χ3v) is 3.88. The van der Waals surface area contributed by atoms with Crippen LogP contribution in [0.25, 0.3) is 0 Å². The molecule has 1 unspecified atom stereocenters. The van der Waals surface area contributed by atoms with Crippen molar-refractivity contribution in [1.82, 2.24) is 9.55 Å². The summed E-state index contributed by atoms with van der Waals surface area (Å²) in [5.41, 5.74) is 0.999. The van der Waals surface area contributed by atoms with Crippen molar-refractivity contribution in [1.29, 1.82) is 0 Å². The number of aromatic nitrogens is 2. The van der Waals surface area contributed by atoms with Crippen LogP contribution in [0.3, 0.4) is 0 Å². The van der Waals surface area contributed by atoms with Crippen molar-refractivity contribution in [2.24, 2.45) is 5.92 Å². The molecular formula is C13H20N2O2. The highest BCUT2D eigenvalue weighted by Crippen LogP contribution is 2.38. The van der Waals surface area contributed by atoms with E-state index in [-0.39, 0.29) is 6.10 Å². The van der Waals surface area contributed by atoms with E-state index < -0.39 is 0 Å². The topological polar surface area (TPSA) is 47.3 Å². The van der Waals surface area contributed by atoms with Crippen LogP contribution in [0.4, 0.5) is 0 Å². The van der Waals surface area contributed by atoms with Gasteiger partial charge < -0.3 is 14.4 Å². The summed E-state index contributed by atoms with van der Waals surface area (Å²) in [6.45, 7) is 1.69. The van der Waals surface area contributed by atoms with E-state index in [9.17, 15) is 5.11 Å². The van der Waals surface area contributed by atoms with Gasteiger partial charge >= 0.3 is 0 Å². The molecule has 2 heterocycles. The molecule has 1 aliphatic heterocycles. The first kappa shape index (κ1) is 11.2. The molecule has 1 saturated heterocycles. The van der Waals surface area contributed by atoms with Gasteiger partial charge in [0, 0.05) is 19.3 Å². The quantitative estimate of drug-likeness (QED) is 0.870. The summed E-state index contributed by atoms with van der Waals surface area (Å²) in [6, 6.07) is 0.594. The monoisotopic (exact) mass is 236 g/mol. The average molecular weight is 236 g/mol. The first-order chi connectivity index (χ1) is 8.34. The molecule has 1 aromatic rings. The fourth-order valence-corrected chi connectivity index (χ4v) is 2.65. The smallest absolute Gasteiger partial charge is 0.0958 e. The predicted octanol–water partition coefficient (Wildman–Crippen LogP) is 2.07. The standard InChI is InChI=1S/C13H20N2O2/c16-13(7-10-3-5-17-6-4-10)12-8-14-9-15(12)11-1-2-11/h8-11,13,16H,1-7H2. The molecule has 3 rings (SSSR count). The summed E-state index contributed by atoms with van der Waals surface area (Å²) in [5.74, 6) is 0.598. The SMILES string of the molecule is OC(CC1CCOCC1)c1cncn1C1CC1. The van der Waals surface area contributed by atoms with Gasteiger partial charge in [0.2, 0.25) is 0 Å². The second-order valence-electron chi connectivity index (χ2n) is 5.26. The average Bonchev–Trinajstić information content (AvgIpc) is 3.08. The Morgan fingerprint density at radius 1 is 1.35 bits per heavy atom. The van der Waals surface area contributed by atoms with Gasteiger partial charge in [0.25, 0.3) is 0 Å². The molecule has 4 nitrogen and oxygen atoms in total. The van der Waals surface area contributed by atoms with E-state index in [2.05, 4.69) is 9.55 Å². The first-order valence-corrected chi connectivity index (χ1v) is 6.62. The number of ether oxygens (including phenoxy) is 1. The molecule has 2 fully saturated rings. The minimum absolute atomic E-state index is 0.360. The second-order valence-corrected chi connectivity index (χ2v) is 5.26. The molecule has 94 valence electrons. The zero-order valence-corrected chi connectivity index (χ0v) is 10.1. The van der Waals surface area contributed by atoms with Crippen molar-refractivity contribution in [3.63, 3.8) is 0 Å². The third kappa shape index (κ3) is 2.53. The van der Waals surface area contributed by atoms with Crippen LogP contribution in [0.5, 0.6) is 0 Å². The summed E-state index contributed by atoms with van der Waals surface area (Å²) in [6.07, 6.45) is 8.79. The highest BCUT2D eigenvalue weighted by molar-refractivity contribution is 5.07. The molecule has 1 atom stereocenters. The summed E-state index contributed by atoms with van der Waals surface area (Å²) >= 11 is 0. The molecular weight excluding hydrogens is 216 g/mol. The second kappa shape index (κ2) is 4.78. The number of hydrogen-bond donors (Lipinski definition) is 1. The largest absolute Gasteiger partial charge is 0.387 e. The minimum Gasteiger partial charge on any atom is -0.387 e. The molecule has 1 aromatic heterocycles. The molecule has 1 aliphatic carbocycles. The normalized spacial score (nSPS) is 23.8. The van der Waals surface area contributed by atoms with Crippen LogP contribution in [0.15, 0.2) is 12.5 Å². The highest BCUT2D eigenvalue weighted by Gasteiger charge is 2.28. The predicted molar refractivity (Wildman–Crippen MR) is 63.6 cm³/mol. The lowest BCUT2D eigenvalue weighted by Gasteiger charge is -2.24. The number of aliphatic hydroxyl groups is 1. The summed E-state index contributed by atoms with van der Waals surface area (Å²) in [4.78, 5) is 4.18. The fraction of sp³-hybridized carbons (Fsp3) is 0.769. The molecule has 0 aromatic carbocycles. The van der Waals surface area contributed by atoms with E-state index in [1.54, 1.807) is 0 Å². The summed E-state index contributed by atoms with van der Waals surface area (Å²) < 4.78 is 7.50. The number of aliphatic hydroxyl groups excluding tert-OH is 1. The lowest BCUT2D eigenvalue weighted by atomic mass is 9.93. The van der Waals surface area contributed by atoms with Gasteiger partial charge in [0.05, 0.1) is 24.3 Å². The van der Waals surface area contributed by atoms with Gasteiger partial charge in [-0.3, -0.25) is 0 Å². The summed E-state index contributed by atoms with van der Waals surface area (Å²) in [7, 11) is 0. The Morgan fingerprint density at radius 3 is 2.82 bits per heavy atom. The maximum Gasteiger partial charge on any atom is 0.0958 e. The van der Waals surface area contributed by atoms with E-state index >= 15 is 0 Å². The van der Waals surface area contributed by atoms with Gasteiger partial charge in [-0.25, -0.2) is 4.98 Å². The van der Waals surface area contributed by atoms with Crippen LogP contribution in [-0.4, -0.2) is 27.9 Å². The van der Waals surface area contributed by atoms with Crippen LogP contribution in [-0.2, 0) is 4.74 Å². The molecule has 0 amide bonds. The molecule has 0 radical (unpaired) electrons. The van der Waals surface area contributed by atoms with Gasteiger partial charge in [0.15, 0.2) is 0 Å². The Kier molecular flexibility index (Phi) is 3.16. The van der Waals surface area contributed by atoms with E-state index in [0.29, 0.717) is 12.0 Å². The van der Waals surface area contributed by atoms with Crippen molar-refractivity contribution < 1.29 is 9.84 Å². The van der Waals surface area contributed by atoms with Crippen molar-refractivity contribution >= 4 is 0 Å². The maximum atomic E-state index is 10.3. The summed E-state index contributed by atoms with van der Waals surface area (Å²) in [5, 5.41) is 10.3. The number of imidazole rings is 1. The Morgan fingerprint density at radius 2 is 2.12 bits per heavy atom.